The quantitative estimate of drug-likeness (QED) is 0.529. The molecule has 0 atom stereocenters. The maximum atomic E-state index is 9.52. The topological polar surface area (TPSA) is 72.7 Å². The highest BCUT2D eigenvalue weighted by molar-refractivity contribution is 4.89. The zero-order chi connectivity index (χ0) is 12.1. The van der Waals surface area contributed by atoms with Gasteiger partial charge in [-0.1, -0.05) is 19.3 Å². The summed E-state index contributed by atoms with van der Waals surface area (Å²) in [5.74, 6) is 0. The Balaban J connectivity index is 2.50. The van der Waals surface area contributed by atoms with E-state index in [0.29, 0.717) is 6.54 Å². The third kappa shape index (κ3) is 3.42. The Morgan fingerprint density at radius 1 is 1.06 bits per heavy atom. The Hall–Kier alpha value is -0.160. The lowest BCUT2D eigenvalue weighted by atomic mass is 9.74. The summed E-state index contributed by atoms with van der Waals surface area (Å²) in [7, 11) is 0. The highest BCUT2D eigenvalue weighted by atomic mass is 16.3. The SMILES string of the molecule is CC(CO)(CO)NCC1(CO)CCCCC1. The molecule has 16 heavy (non-hydrogen) atoms. The molecule has 1 aliphatic carbocycles. The monoisotopic (exact) mass is 231 g/mol. The van der Waals surface area contributed by atoms with E-state index in [-0.39, 0.29) is 25.2 Å². The van der Waals surface area contributed by atoms with Gasteiger partial charge in [-0.15, -0.1) is 0 Å². The molecule has 0 aliphatic heterocycles. The minimum atomic E-state index is -0.639. The van der Waals surface area contributed by atoms with E-state index in [1.165, 1.54) is 6.42 Å². The van der Waals surface area contributed by atoms with Gasteiger partial charge in [0.1, 0.15) is 0 Å². The Labute approximate surface area is 97.7 Å². The summed E-state index contributed by atoms with van der Waals surface area (Å²) in [6, 6.07) is 0. The molecule has 0 heterocycles. The Kier molecular flexibility index (Phi) is 5.18. The van der Waals surface area contributed by atoms with Crippen LogP contribution >= 0.6 is 0 Å². The van der Waals surface area contributed by atoms with Gasteiger partial charge in [-0.05, 0) is 19.8 Å². The molecular formula is C12H25NO3. The van der Waals surface area contributed by atoms with E-state index in [9.17, 15) is 15.3 Å². The van der Waals surface area contributed by atoms with Crippen molar-refractivity contribution < 1.29 is 15.3 Å². The minimum absolute atomic E-state index is 0.0517. The average Bonchev–Trinajstić information content (AvgIpc) is 2.37. The maximum Gasteiger partial charge on any atom is 0.0633 e. The van der Waals surface area contributed by atoms with Crippen LogP contribution < -0.4 is 5.32 Å². The highest BCUT2D eigenvalue weighted by Gasteiger charge is 2.33. The summed E-state index contributed by atoms with van der Waals surface area (Å²) in [4.78, 5) is 0. The van der Waals surface area contributed by atoms with E-state index in [2.05, 4.69) is 5.32 Å². The summed E-state index contributed by atoms with van der Waals surface area (Å²) in [5.41, 5.74) is -0.691. The zero-order valence-corrected chi connectivity index (χ0v) is 10.2. The molecule has 0 aromatic carbocycles. The second-order valence-corrected chi connectivity index (χ2v) is 5.45. The van der Waals surface area contributed by atoms with Gasteiger partial charge in [-0.3, -0.25) is 0 Å². The van der Waals surface area contributed by atoms with E-state index < -0.39 is 5.54 Å². The lowest BCUT2D eigenvalue weighted by molar-refractivity contribution is 0.0484. The van der Waals surface area contributed by atoms with Gasteiger partial charge >= 0.3 is 0 Å². The van der Waals surface area contributed by atoms with Crippen molar-refractivity contribution >= 4 is 0 Å². The Bertz CT molecular complexity index is 198. The van der Waals surface area contributed by atoms with Crippen LogP contribution in [-0.4, -0.2) is 47.2 Å². The first kappa shape index (κ1) is 13.9. The van der Waals surface area contributed by atoms with Crippen molar-refractivity contribution in [2.75, 3.05) is 26.4 Å². The van der Waals surface area contributed by atoms with Crippen LogP contribution in [0.4, 0.5) is 0 Å². The van der Waals surface area contributed by atoms with Crippen molar-refractivity contribution in [2.24, 2.45) is 5.41 Å². The van der Waals surface area contributed by atoms with Gasteiger partial charge in [-0.25, -0.2) is 0 Å². The van der Waals surface area contributed by atoms with Crippen LogP contribution in [0, 0.1) is 5.41 Å². The van der Waals surface area contributed by atoms with E-state index in [1.807, 2.05) is 0 Å². The fraction of sp³-hybridized carbons (Fsp3) is 1.00. The molecule has 0 saturated heterocycles. The molecule has 4 N–H and O–H groups in total. The summed E-state index contributed by atoms with van der Waals surface area (Å²) in [6.07, 6.45) is 5.64. The van der Waals surface area contributed by atoms with Crippen LogP contribution in [-0.2, 0) is 0 Å². The van der Waals surface area contributed by atoms with Crippen LogP contribution in [0.3, 0.4) is 0 Å². The molecule has 1 aliphatic rings. The smallest absolute Gasteiger partial charge is 0.0633 e. The van der Waals surface area contributed by atoms with Gasteiger partial charge in [0.15, 0.2) is 0 Å². The summed E-state index contributed by atoms with van der Waals surface area (Å²) < 4.78 is 0. The van der Waals surface area contributed by atoms with E-state index >= 15 is 0 Å². The zero-order valence-electron chi connectivity index (χ0n) is 10.2. The number of aliphatic hydroxyl groups excluding tert-OH is 3. The minimum Gasteiger partial charge on any atom is -0.396 e. The Morgan fingerprint density at radius 2 is 1.62 bits per heavy atom. The van der Waals surface area contributed by atoms with E-state index in [1.54, 1.807) is 6.92 Å². The number of nitrogens with one attached hydrogen (secondary N) is 1. The standard InChI is InChI=1S/C12H25NO3/c1-11(8-14,9-15)13-7-12(10-16)5-3-2-4-6-12/h13-16H,2-10H2,1H3. The van der Waals surface area contributed by atoms with Crippen molar-refractivity contribution in [2.45, 2.75) is 44.6 Å². The van der Waals surface area contributed by atoms with E-state index in [4.69, 9.17) is 0 Å². The molecule has 0 amide bonds. The largest absolute Gasteiger partial charge is 0.396 e. The fourth-order valence-corrected chi connectivity index (χ4v) is 2.26. The van der Waals surface area contributed by atoms with Gasteiger partial charge < -0.3 is 20.6 Å². The summed E-state index contributed by atoms with van der Waals surface area (Å²) >= 11 is 0. The van der Waals surface area contributed by atoms with Gasteiger partial charge in [-0.2, -0.15) is 0 Å². The molecule has 0 aromatic heterocycles. The van der Waals surface area contributed by atoms with Crippen molar-refractivity contribution in [3.63, 3.8) is 0 Å². The third-order valence-electron chi connectivity index (χ3n) is 3.84. The number of rotatable bonds is 6. The molecule has 0 spiro atoms. The first-order chi connectivity index (χ1) is 7.60. The molecule has 4 heteroatoms. The van der Waals surface area contributed by atoms with E-state index in [0.717, 1.165) is 25.7 Å². The van der Waals surface area contributed by atoms with Crippen LogP contribution in [0.25, 0.3) is 0 Å². The average molecular weight is 231 g/mol. The van der Waals surface area contributed by atoms with Crippen LogP contribution in [0.1, 0.15) is 39.0 Å². The molecular weight excluding hydrogens is 206 g/mol. The number of hydrogen-bond donors (Lipinski definition) is 4. The summed E-state index contributed by atoms with van der Waals surface area (Å²) in [6.45, 7) is 2.46. The van der Waals surface area contributed by atoms with Crippen molar-refractivity contribution in [1.82, 2.24) is 5.32 Å². The van der Waals surface area contributed by atoms with Crippen LogP contribution in [0.15, 0.2) is 0 Å². The lowest BCUT2D eigenvalue weighted by Gasteiger charge is -2.39. The van der Waals surface area contributed by atoms with Crippen molar-refractivity contribution in [3.05, 3.63) is 0 Å². The van der Waals surface area contributed by atoms with Gasteiger partial charge in [0.2, 0.25) is 0 Å². The normalized spacial score (nSPS) is 21.0. The molecule has 1 fully saturated rings. The lowest BCUT2D eigenvalue weighted by Crippen LogP contribution is -2.53. The van der Waals surface area contributed by atoms with Gasteiger partial charge in [0.05, 0.1) is 18.8 Å². The molecule has 1 rings (SSSR count). The highest BCUT2D eigenvalue weighted by Crippen LogP contribution is 2.35. The number of aliphatic hydroxyl groups is 3. The van der Waals surface area contributed by atoms with Gasteiger partial charge in [0, 0.05) is 18.6 Å². The first-order valence-electron chi connectivity index (χ1n) is 6.17. The Morgan fingerprint density at radius 3 is 2.06 bits per heavy atom. The van der Waals surface area contributed by atoms with Crippen LogP contribution in [0.5, 0.6) is 0 Å². The second kappa shape index (κ2) is 5.96. The maximum absolute atomic E-state index is 9.52. The van der Waals surface area contributed by atoms with Crippen molar-refractivity contribution in [1.29, 1.82) is 0 Å². The molecule has 96 valence electrons. The molecule has 4 nitrogen and oxygen atoms in total. The third-order valence-corrected chi connectivity index (χ3v) is 3.84. The first-order valence-corrected chi connectivity index (χ1v) is 6.17. The molecule has 0 aromatic rings. The molecule has 0 radical (unpaired) electrons. The predicted octanol–water partition coefficient (Wildman–Crippen LogP) is 0.262. The summed E-state index contributed by atoms with van der Waals surface area (Å²) in [5, 5.41) is 31.1. The predicted molar refractivity (Wildman–Crippen MR) is 63.2 cm³/mol. The van der Waals surface area contributed by atoms with Gasteiger partial charge in [0.25, 0.3) is 0 Å². The van der Waals surface area contributed by atoms with Crippen molar-refractivity contribution in [3.8, 4) is 0 Å². The molecule has 0 bridgehead atoms. The molecule has 1 saturated carbocycles. The fourth-order valence-electron chi connectivity index (χ4n) is 2.26. The second-order valence-electron chi connectivity index (χ2n) is 5.45. The molecule has 0 unspecified atom stereocenters. The number of hydrogen-bond acceptors (Lipinski definition) is 4. The van der Waals surface area contributed by atoms with Crippen LogP contribution in [0.2, 0.25) is 0 Å².